The minimum Gasteiger partial charge on any atom is -0.445 e. The highest BCUT2D eigenvalue weighted by atomic mass is 35.5. The Morgan fingerprint density at radius 3 is 2.27 bits per heavy atom. The van der Waals surface area contributed by atoms with E-state index in [4.69, 9.17) is 16.0 Å². The van der Waals surface area contributed by atoms with E-state index in [0.717, 1.165) is 0 Å². The number of halogens is 3. The molecule has 0 radical (unpaired) electrons. The minimum absolute atomic E-state index is 0.120. The fourth-order valence-electron chi connectivity index (χ4n) is 2.83. The summed E-state index contributed by atoms with van der Waals surface area (Å²) in [4.78, 5) is 6.28. The average molecular weight is 448 g/mol. The summed E-state index contributed by atoms with van der Waals surface area (Å²) in [6.07, 6.45) is 4.24. The lowest BCUT2D eigenvalue weighted by molar-refractivity contribution is 0.513. The largest absolute Gasteiger partial charge is 0.445 e. The van der Waals surface area contributed by atoms with Crippen LogP contribution < -0.4 is 4.72 Å². The zero-order valence-corrected chi connectivity index (χ0v) is 16.6. The molecule has 0 saturated heterocycles. The lowest BCUT2D eigenvalue weighted by atomic mass is 10.0. The van der Waals surface area contributed by atoms with Gasteiger partial charge in [0.05, 0.1) is 18.6 Å². The van der Waals surface area contributed by atoms with E-state index in [-0.39, 0.29) is 5.69 Å². The van der Waals surface area contributed by atoms with Gasteiger partial charge in [-0.25, -0.2) is 22.2 Å². The first kappa shape index (κ1) is 20.0. The first-order chi connectivity index (χ1) is 14.3. The van der Waals surface area contributed by atoms with Gasteiger partial charge in [0.1, 0.15) is 6.26 Å². The Balaban J connectivity index is 1.63. The molecule has 0 atom stereocenters. The van der Waals surface area contributed by atoms with Gasteiger partial charge in [-0.3, -0.25) is 9.71 Å². The molecule has 0 bridgehead atoms. The van der Waals surface area contributed by atoms with Gasteiger partial charge in [0.15, 0.2) is 16.5 Å². The molecular formula is C20H12ClF2N3O3S. The van der Waals surface area contributed by atoms with Crippen LogP contribution in [0.25, 0.3) is 22.6 Å². The van der Waals surface area contributed by atoms with Gasteiger partial charge in [0, 0.05) is 21.8 Å². The summed E-state index contributed by atoms with van der Waals surface area (Å²) in [6, 6.07) is 11.4. The Hall–Kier alpha value is -3.30. The molecule has 0 unspecified atom stereocenters. The van der Waals surface area contributed by atoms with E-state index >= 15 is 0 Å². The Labute approximate surface area is 175 Å². The summed E-state index contributed by atoms with van der Waals surface area (Å²) in [5.74, 6) is -2.14. The highest BCUT2D eigenvalue weighted by Crippen LogP contribution is 2.33. The third-order valence-corrected chi connectivity index (χ3v) is 5.93. The predicted molar refractivity (Wildman–Crippen MR) is 107 cm³/mol. The van der Waals surface area contributed by atoms with E-state index in [1.807, 2.05) is 0 Å². The second kappa shape index (κ2) is 7.85. The minimum atomic E-state index is -4.48. The van der Waals surface area contributed by atoms with Crippen LogP contribution in [0.4, 0.5) is 14.5 Å². The van der Waals surface area contributed by atoms with Gasteiger partial charge in [0.25, 0.3) is 10.0 Å². The van der Waals surface area contributed by atoms with Gasteiger partial charge >= 0.3 is 0 Å². The third kappa shape index (κ3) is 3.89. The van der Waals surface area contributed by atoms with Crippen molar-refractivity contribution in [2.24, 2.45) is 0 Å². The highest BCUT2D eigenvalue weighted by Gasteiger charge is 2.24. The molecule has 2 aromatic carbocycles. The molecule has 0 aliphatic rings. The third-order valence-electron chi connectivity index (χ3n) is 4.17. The van der Waals surface area contributed by atoms with Crippen LogP contribution in [-0.4, -0.2) is 18.4 Å². The number of nitrogens with one attached hydrogen (secondary N) is 1. The molecule has 0 aliphatic heterocycles. The first-order valence-electron chi connectivity index (χ1n) is 8.47. The average Bonchev–Trinajstić information content (AvgIpc) is 3.23. The van der Waals surface area contributed by atoms with E-state index in [2.05, 4.69) is 14.7 Å². The standard InChI is InChI=1S/C20H12ClF2N3O3S/c21-16-6-3-13(20-25-7-8-29-20)9-15(16)12-1-4-14(5-2-12)26-30(27,28)19-17(22)10-24-11-18(19)23/h1-11,26H. The van der Waals surface area contributed by atoms with Crippen LogP contribution in [0.15, 0.2) is 76.6 Å². The second-order valence-electron chi connectivity index (χ2n) is 6.15. The van der Waals surface area contributed by atoms with E-state index in [0.29, 0.717) is 40.0 Å². The maximum atomic E-state index is 13.8. The summed E-state index contributed by atoms with van der Waals surface area (Å²) < 4.78 is 59.7. The number of hydrogen-bond donors (Lipinski definition) is 1. The number of nitrogens with zero attached hydrogens (tertiary/aromatic N) is 2. The van der Waals surface area contributed by atoms with Crippen LogP contribution in [0.2, 0.25) is 5.02 Å². The van der Waals surface area contributed by atoms with Gasteiger partial charge in [-0.1, -0.05) is 23.7 Å². The number of sulfonamides is 1. The molecule has 1 N–H and O–H groups in total. The first-order valence-corrected chi connectivity index (χ1v) is 10.3. The highest BCUT2D eigenvalue weighted by molar-refractivity contribution is 7.92. The van der Waals surface area contributed by atoms with Gasteiger partial charge in [-0.2, -0.15) is 0 Å². The molecule has 0 fully saturated rings. The summed E-state index contributed by atoms with van der Waals surface area (Å²) in [6.45, 7) is 0. The van der Waals surface area contributed by atoms with Crippen LogP contribution in [0.3, 0.4) is 0 Å². The molecule has 30 heavy (non-hydrogen) atoms. The van der Waals surface area contributed by atoms with Crippen LogP contribution in [0, 0.1) is 11.6 Å². The summed E-state index contributed by atoms with van der Waals surface area (Å²) >= 11 is 6.30. The number of benzene rings is 2. The van der Waals surface area contributed by atoms with Crippen molar-refractivity contribution in [3.05, 3.63) is 84.0 Å². The Kier molecular flexibility index (Phi) is 5.23. The van der Waals surface area contributed by atoms with Crippen LogP contribution in [-0.2, 0) is 10.0 Å². The SMILES string of the molecule is O=S(=O)(Nc1ccc(-c2cc(-c3ncco3)ccc2Cl)cc1)c1c(F)cncc1F. The predicted octanol–water partition coefficient (Wildman–Crippen LogP) is 5.14. The maximum absolute atomic E-state index is 13.8. The lowest BCUT2D eigenvalue weighted by Crippen LogP contribution is -2.16. The molecule has 4 rings (SSSR count). The van der Waals surface area contributed by atoms with Gasteiger partial charge in [-0.05, 0) is 35.9 Å². The number of rotatable bonds is 5. The monoisotopic (exact) mass is 447 g/mol. The molecule has 6 nitrogen and oxygen atoms in total. The molecule has 0 aliphatic carbocycles. The van der Waals surface area contributed by atoms with E-state index in [9.17, 15) is 17.2 Å². The Morgan fingerprint density at radius 1 is 0.967 bits per heavy atom. The Bertz CT molecular complexity index is 1290. The van der Waals surface area contributed by atoms with Gasteiger partial charge < -0.3 is 4.42 Å². The van der Waals surface area contributed by atoms with Crippen molar-refractivity contribution in [3.8, 4) is 22.6 Å². The zero-order valence-electron chi connectivity index (χ0n) is 15.0. The van der Waals surface area contributed by atoms with E-state index < -0.39 is 26.6 Å². The number of anilines is 1. The van der Waals surface area contributed by atoms with Crippen molar-refractivity contribution in [1.29, 1.82) is 0 Å². The number of hydrogen-bond acceptors (Lipinski definition) is 5. The molecule has 0 saturated carbocycles. The normalized spacial score (nSPS) is 11.4. The lowest BCUT2D eigenvalue weighted by Gasteiger charge is -2.11. The molecule has 0 amide bonds. The quantitative estimate of drug-likeness (QED) is 0.458. The molecule has 152 valence electrons. The molecule has 4 aromatic rings. The molecule has 0 spiro atoms. The fraction of sp³-hybridized carbons (Fsp3) is 0. The number of oxazole rings is 1. The van der Waals surface area contributed by atoms with Crippen molar-refractivity contribution in [2.75, 3.05) is 4.72 Å². The van der Waals surface area contributed by atoms with Gasteiger partial charge in [0.2, 0.25) is 5.89 Å². The fourth-order valence-corrected chi connectivity index (χ4v) is 4.22. The van der Waals surface area contributed by atoms with Crippen molar-refractivity contribution < 1.29 is 21.6 Å². The Morgan fingerprint density at radius 2 is 1.63 bits per heavy atom. The van der Waals surface area contributed by atoms with Crippen molar-refractivity contribution in [1.82, 2.24) is 9.97 Å². The second-order valence-corrected chi connectivity index (χ2v) is 8.17. The molecule has 2 heterocycles. The molecular weight excluding hydrogens is 436 g/mol. The van der Waals surface area contributed by atoms with Crippen LogP contribution in [0.5, 0.6) is 0 Å². The van der Waals surface area contributed by atoms with Gasteiger partial charge in [-0.15, -0.1) is 0 Å². The molecule has 10 heteroatoms. The smallest absolute Gasteiger partial charge is 0.267 e. The van der Waals surface area contributed by atoms with E-state index in [1.165, 1.54) is 24.6 Å². The summed E-state index contributed by atoms with van der Waals surface area (Å²) in [5, 5.41) is 0.472. The van der Waals surface area contributed by atoms with Crippen LogP contribution in [0.1, 0.15) is 0 Å². The number of aromatic nitrogens is 2. The van der Waals surface area contributed by atoms with Crippen molar-refractivity contribution >= 4 is 27.3 Å². The van der Waals surface area contributed by atoms with Crippen molar-refractivity contribution in [3.63, 3.8) is 0 Å². The summed E-state index contributed by atoms with van der Waals surface area (Å²) in [5.41, 5.74) is 2.20. The summed E-state index contributed by atoms with van der Waals surface area (Å²) in [7, 11) is -4.48. The topological polar surface area (TPSA) is 85.1 Å². The van der Waals surface area contributed by atoms with Crippen molar-refractivity contribution in [2.45, 2.75) is 4.90 Å². The number of pyridine rings is 1. The molecule has 2 aromatic heterocycles. The zero-order chi connectivity index (χ0) is 21.3. The maximum Gasteiger partial charge on any atom is 0.267 e. The van der Waals surface area contributed by atoms with E-state index in [1.54, 1.807) is 30.3 Å². The van der Waals surface area contributed by atoms with Crippen LogP contribution >= 0.6 is 11.6 Å².